The number of ether oxygens (including phenoxy) is 3. The van der Waals surface area contributed by atoms with Crippen LogP contribution in [0, 0.1) is 23.3 Å². The first-order valence-electron chi connectivity index (χ1n) is 26.9. The third-order valence-electron chi connectivity index (χ3n) is 12.3. The normalized spacial score (nSPS) is 11.5. The van der Waals surface area contributed by atoms with Crippen molar-refractivity contribution in [3.63, 3.8) is 0 Å². The van der Waals surface area contributed by atoms with Gasteiger partial charge in [-0.25, -0.2) is 37.2 Å². The van der Waals surface area contributed by atoms with Crippen molar-refractivity contribution >= 4 is 70.5 Å². The van der Waals surface area contributed by atoms with Gasteiger partial charge in [-0.3, -0.25) is 30.0 Å². The zero-order valence-corrected chi connectivity index (χ0v) is 49.6. The Bertz CT molecular complexity index is 3680. The Hall–Kier alpha value is -9.01. The van der Waals surface area contributed by atoms with Gasteiger partial charge in [-0.1, -0.05) is 132 Å². The molecule has 2 aromatic heterocycles. The number of amides is 2. The van der Waals surface area contributed by atoms with E-state index < -0.39 is 85.1 Å². The topological polar surface area (TPSA) is 273 Å². The molecule has 8 rings (SSSR count). The van der Waals surface area contributed by atoms with Gasteiger partial charge in [0, 0.05) is 70.4 Å². The molecule has 0 aliphatic carbocycles. The zero-order chi connectivity index (χ0) is 64.6. The highest BCUT2D eigenvalue weighted by Crippen LogP contribution is 2.29. The number of esters is 3. The number of halogens is 7. The SMILES string of the molecule is CCCC(=O)OCCl.CCCC(=O)OCOC(=O)[C@H](O)CN(Cc1ccc(-c2cc(Cl)ccc2F)cc1)NC(=O)c1cc(-c2ccccc2F)no1.O=C(NN(Cc1ccc(-c2cc(Cl)ccc2F)cc1)C[C@@H](O)C(=O)O)c1cc(-c2ccccc2F)no1. The van der Waals surface area contributed by atoms with Gasteiger partial charge in [0.05, 0.1) is 13.1 Å². The van der Waals surface area contributed by atoms with Crippen molar-refractivity contribution < 1.29 is 84.9 Å². The second-order valence-electron chi connectivity index (χ2n) is 19.0. The van der Waals surface area contributed by atoms with Crippen molar-refractivity contribution in [2.75, 3.05) is 25.9 Å². The average Bonchev–Trinajstić information content (AvgIpc) is 3.57. The molecule has 0 spiro atoms. The number of benzene rings is 6. The number of alkyl halides is 1. The van der Waals surface area contributed by atoms with Crippen LogP contribution >= 0.6 is 34.8 Å². The van der Waals surface area contributed by atoms with Crippen molar-refractivity contribution in [3.8, 4) is 44.8 Å². The average molecular weight is 1290 g/mol. The van der Waals surface area contributed by atoms with Crippen molar-refractivity contribution in [2.45, 2.75) is 64.8 Å². The number of carbonyl (C=O) groups is 6. The number of carbonyl (C=O) groups excluding carboxylic acids is 5. The molecule has 0 aliphatic rings. The summed E-state index contributed by atoms with van der Waals surface area (Å²) in [4.78, 5) is 71.2. The number of hydrogen-bond donors (Lipinski definition) is 5. The molecule has 0 saturated heterocycles. The quantitative estimate of drug-likeness (QED) is 0.0117. The first-order chi connectivity index (χ1) is 42.7. The molecule has 27 heteroatoms. The third-order valence-corrected chi connectivity index (χ3v) is 12.9. The van der Waals surface area contributed by atoms with Crippen molar-refractivity contribution in [1.29, 1.82) is 0 Å². The maximum atomic E-state index is 14.3. The third kappa shape index (κ3) is 21.4. The summed E-state index contributed by atoms with van der Waals surface area (Å²) < 4.78 is 80.9. The Morgan fingerprint density at radius 2 is 0.944 bits per heavy atom. The first-order valence-corrected chi connectivity index (χ1v) is 28.2. The van der Waals surface area contributed by atoms with E-state index in [4.69, 9.17) is 58.4 Å². The summed E-state index contributed by atoms with van der Waals surface area (Å²) in [7, 11) is 0. The summed E-state index contributed by atoms with van der Waals surface area (Å²) in [5, 5.41) is 40.1. The van der Waals surface area contributed by atoms with E-state index in [1.165, 1.54) is 94.9 Å². The lowest BCUT2D eigenvalue weighted by Crippen LogP contribution is -2.47. The summed E-state index contributed by atoms with van der Waals surface area (Å²) in [5.41, 5.74) is 8.41. The van der Waals surface area contributed by atoms with Gasteiger partial charge in [0.1, 0.15) is 34.7 Å². The van der Waals surface area contributed by atoms with Gasteiger partial charge in [-0.05, 0) is 95.8 Å². The summed E-state index contributed by atoms with van der Waals surface area (Å²) in [6.45, 7) is 2.06. The fraction of sp³-hybridized carbons (Fsp3) is 0.226. The minimum absolute atomic E-state index is 0.0112. The molecule has 0 aliphatic heterocycles. The number of aliphatic hydroxyl groups is 2. The second kappa shape index (κ2) is 34.5. The minimum atomic E-state index is -1.80. The number of aromatic nitrogens is 2. The molecule has 6 aromatic carbocycles. The Morgan fingerprint density at radius 1 is 0.539 bits per heavy atom. The highest BCUT2D eigenvalue weighted by Gasteiger charge is 2.26. The largest absolute Gasteiger partial charge is 0.479 e. The highest BCUT2D eigenvalue weighted by molar-refractivity contribution is 6.31. The molecule has 0 saturated carbocycles. The van der Waals surface area contributed by atoms with E-state index in [1.54, 1.807) is 67.6 Å². The van der Waals surface area contributed by atoms with E-state index in [9.17, 15) is 56.5 Å². The number of aliphatic hydroxyl groups excluding tert-OH is 2. The summed E-state index contributed by atoms with van der Waals surface area (Å²) >= 11 is 17.1. The van der Waals surface area contributed by atoms with Gasteiger partial charge in [-0.2, -0.15) is 0 Å². The Morgan fingerprint density at radius 3 is 1.35 bits per heavy atom. The van der Waals surface area contributed by atoms with Crippen LogP contribution in [0.1, 0.15) is 71.8 Å². The van der Waals surface area contributed by atoms with Gasteiger partial charge in [0.15, 0.2) is 18.3 Å². The fourth-order valence-corrected chi connectivity index (χ4v) is 8.41. The van der Waals surface area contributed by atoms with Crippen LogP contribution in [0.3, 0.4) is 0 Å². The number of nitrogens with zero attached hydrogens (tertiary/aromatic N) is 4. The number of rotatable bonds is 25. The van der Waals surface area contributed by atoms with Crippen molar-refractivity contribution in [1.82, 2.24) is 31.2 Å². The fourth-order valence-electron chi connectivity index (χ4n) is 7.94. The molecular formula is C62H57Cl3F4N6O14. The molecule has 2 atom stereocenters. The molecule has 0 bridgehead atoms. The van der Waals surface area contributed by atoms with Crippen molar-refractivity contribution in [3.05, 3.63) is 202 Å². The summed E-state index contributed by atoms with van der Waals surface area (Å²) in [6.07, 6.45) is -1.59. The molecule has 5 N–H and O–H groups in total. The van der Waals surface area contributed by atoms with Crippen LogP contribution in [0.5, 0.6) is 0 Å². The maximum Gasteiger partial charge on any atom is 0.339 e. The van der Waals surface area contributed by atoms with Crippen LogP contribution in [-0.2, 0) is 46.5 Å². The van der Waals surface area contributed by atoms with E-state index in [1.807, 2.05) is 6.92 Å². The Labute approximate surface area is 521 Å². The van der Waals surface area contributed by atoms with Gasteiger partial charge < -0.3 is 38.6 Å². The lowest BCUT2D eigenvalue weighted by atomic mass is 10.0. The molecule has 0 fully saturated rings. The molecule has 0 radical (unpaired) electrons. The summed E-state index contributed by atoms with van der Waals surface area (Å²) in [6, 6.07) is 35.7. The number of carboxylic acids is 1. The van der Waals surface area contributed by atoms with Gasteiger partial charge in [0.25, 0.3) is 0 Å². The van der Waals surface area contributed by atoms with E-state index >= 15 is 0 Å². The van der Waals surface area contributed by atoms with E-state index in [0.717, 1.165) is 6.42 Å². The smallest absolute Gasteiger partial charge is 0.339 e. The molecule has 89 heavy (non-hydrogen) atoms. The number of nitrogens with one attached hydrogen (secondary N) is 2. The Balaban J connectivity index is 0.000000255. The van der Waals surface area contributed by atoms with E-state index in [2.05, 4.69) is 25.9 Å². The predicted octanol–water partition coefficient (Wildman–Crippen LogP) is 11.4. The zero-order valence-electron chi connectivity index (χ0n) is 47.3. The lowest BCUT2D eigenvalue weighted by molar-refractivity contribution is -0.174. The molecule has 468 valence electrons. The van der Waals surface area contributed by atoms with Crippen molar-refractivity contribution in [2.24, 2.45) is 0 Å². The van der Waals surface area contributed by atoms with Crippen LogP contribution in [0.2, 0.25) is 10.0 Å². The number of aliphatic carboxylic acids is 1. The van der Waals surface area contributed by atoms with E-state index in [-0.39, 0.29) is 65.6 Å². The second-order valence-corrected chi connectivity index (χ2v) is 20.1. The van der Waals surface area contributed by atoms with Crippen LogP contribution < -0.4 is 10.9 Å². The minimum Gasteiger partial charge on any atom is -0.479 e. The van der Waals surface area contributed by atoms with Crippen LogP contribution in [-0.4, -0.2) is 109 Å². The molecular weight excluding hydrogens is 1240 g/mol. The van der Waals surface area contributed by atoms with Gasteiger partial charge >= 0.3 is 35.7 Å². The number of carboxylic acid groups (broad SMARTS) is 1. The predicted molar refractivity (Wildman–Crippen MR) is 317 cm³/mol. The van der Waals surface area contributed by atoms with E-state index in [0.29, 0.717) is 56.3 Å². The highest BCUT2D eigenvalue weighted by atomic mass is 35.5. The van der Waals surface area contributed by atoms with Gasteiger partial charge in [0.2, 0.25) is 18.3 Å². The molecule has 20 nitrogen and oxygen atoms in total. The standard InChI is InChI=1S/C31H28ClF2N3O7.C26H20ClF2N3O5.C5H9ClO2/c1-2-5-29(39)42-18-43-31(41)27(38)17-37(16-19-8-10-20(11-9-19)23-14-21(32)12-13-25(23)34)35-30(40)28-15-26(36-44-28)22-6-3-4-7-24(22)33;27-17-9-10-21(29)19(11-17)16-7-5-15(6-8-16)13-32(14-23(33)26(35)36)30-25(34)24-12-22(31-37-24)18-3-1-2-4-20(18)28;1-2-3-5(7)8-4-6/h3-4,6-15,27,38H,2,5,16-18H2,1H3,(H,35,40);1-12,23,33H,13-14H2,(H,30,34)(H,35,36);2-4H2,1H3/t27-;23-;/m11./s1. The van der Waals surface area contributed by atoms with Crippen LogP contribution in [0.25, 0.3) is 44.8 Å². The molecule has 2 heterocycles. The number of hydrazine groups is 2. The number of hydrogen-bond acceptors (Lipinski definition) is 17. The lowest BCUT2D eigenvalue weighted by Gasteiger charge is -2.24. The molecule has 8 aromatic rings. The van der Waals surface area contributed by atoms with Crippen LogP contribution in [0.4, 0.5) is 17.6 Å². The first kappa shape index (κ1) is 69.1. The molecule has 0 unspecified atom stereocenters. The van der Waals surface area contributed by atoms with Crippen LogP contribution in [0.15, 0.2) is 155 Å². The maximum absolute atomic E-state index is 14.3. The molecule has 2 amide bonds. The Kier molecular flexibility index (Phi) is 26.8. The van der Waals surface area contributed by atoms with Gasteiger partial charge in [-0.15, -0.1) is 0 Å². The monoisotopic (exact) mass is 1290 g/mol. The summed E-state index contributed by atoms with van der Waals surface area (Å²) in [5.74, 6) is -7.47.